The Morgan fingerprint density at radius 1 is 1.15 bits per heavy atom. The largest absolute Gasteiger partial charge is 0.395 e. The molecule has 6 nitrogen and oxygen atoms in total. The van der Waals surface area contributed by atoms with Gasteiger partial charge in [-0.05, 0) is 37.2 Å². The quantitative estimate of drug-likeness (QED) is 0.517. The SMILES string of the molecule is CCCNCC(=O)Nc1ccc(C(=O)NCCO)cc1. The monoisotopic (exact) mass is 279 g/mol. The van der Waals surface area contributed by atoms with Crippen LogP contribution in [0.5, 0.6) is 0 Å². The van der Waals surface area contributed by atoms with Crippen molar-refractivity contribution in [1.82, 2.24) is 10.6 Å². The number of amides is 2. The summed E-state index contributed by atoms with van der Waals surface area (Å²) in [5, 5.41) is 16.9. The Morgan fingerprint density at radius 2 is 1.85 bits per heavy atom. The summed E-state index contributed by atoms with van der Waals surface area (Å²) in [5.74, 6) is -0.363. The van der Waals surface area contributed by atoms with Crippen LogP contribution in [0.1, 0.15) is 23.7 Å². The van der Waals surface area contributed by atoms with Crippen LogP contribution >= 0.6 is 0 Å². The van der Waals surface area contributed by atoms with E-state index in [1.165, 1.54) is 0 Å². The Labute approximate surface area is 118 Å². The van der Waals surface area contributed by atoms with E-state index in [0.29, 0.717) is 11.3 Å². The fourth-order valence-electron chi connectivity index (χ4n) is 1.56. The minimum Gasteiger partial charge on any atom is -0.395 e. The molecule has 0 saturated carbocycles. The first-order chi connectivity index (χ1) is 9.67. The molecule has 2 amide bonds. The highest BCUT2D eigenvalue weighted by molar-refractivity contribution is 5.96. The van der Waals surface area contributed by atoms with Gasteiger partial charge in [0, 0.05) is 17.8 Å². The van der Waals surface area contributed by atoms with Crippen LogP contribution in [0.2, 0.25) is 0 Å². The molecule has 0 aliphatic carbocycles. The molecule has 0 radical (unpaired) electrons. The number of nitrogens with one attached hydrogen (secondary N) is 3. The van der Waals surface area contributed by atoms with E-state index in [9.17, 15) is 9.59 Å². The van der Waals surface area contributed by atoms with Gasteiger partial charge in [0.25, 0.3) is 5.91 Å². The first kappa shape index (κ1) is 16.1. The molecule has 0 spiro atoms. The number of hydrogen-bond acceptors (Lipinski definition) is 4. The van der Waals surface area contributed by atoms with Gasteiger partial charge in [-0.2, -0.15) is 0 Å². The van der Waals surface area contributed by atoms with Crippen LogP contribution in [0.3, 0.4) is 0 Å². The summed E-state index contributed by atoms with van der Waals surface area (Å²) in [6, 6.07) is 6.60. The fraction of sp³-hybridized carbons (Fsp3) is 0.429. The number of carbonyl (C=O) groups excluding carboxylic acids is 2. The molecule has 0 saturated heterocycles. The Morgan fingerprint density at radius 3 is 2.45 bits per heavy atom. The normalized spacial score (nSPS) is 10.1. The molecule has 0 atom stereocenters. The third-order valence-electron chi connectivity index (χ3n) is 2.54. The van der Waals surface area contributed by atoms with Gasteiger partial charge < -0.3 is 21.1 Å². The molecular weight excluding hydrogens is 258 g/mol. The fourth-order valence-corrected chi connectivity index (χ4v) is 1.56. The highest BCUT2D eigenvalue weighted by atomic mass is 16.3. The van der Waals surface area contributed by atoms with Crippen LogP contribution < -0.4 is 16.0 Å². The van der Waals surface area contributed by atoms with E-state index in [4.69, 9.17) is 5.11 Å². The van der Waals surface area contributed by atoms with Gasteiger partial charge in [0.15, 0.2) is 0 Å². The molecule has 6 heteroatoms. The van der Waals surface area contributed by atoms with Gasteiger partial charge in [-0.3, -0.25) is 9.59 Å². The molecule has 20 heavy (non-hydrogen) atoms. The molecule has 0 fully saturated rings. The lowest BCUT2D eigenvalue weighted by molar-refractivity contribution is -0.115. The van der Waals surface area contributed by atoms with Crippen molar-refractivity contribution in [2.75, 3.05) is 31.6 Å². The van der Waals surface area contributed by atoms with E-state index in [1.54, 1.807) is 24.3 Å². The highest BCUT2D eigenvalue weighted by Crippen LogP contribution is 2.09. The van der Waals surface area contributed by atoms with Gasteiger partial charge in [-0.25, -0.2) is 0 Å². The third-order valence-corrected chi connectivity index (χ3v) is 2.54. The van der Waals surface area contributed by atoms with Crippen molar-refractivity contribution in [2.24, 2.45) is 0 Å². The zero-order chi connectivity index (χ0) is 14.8. The van der Waals surface area contributed by atoms with Crippen molar-refractivity contribution in [3.8, 4) is 0 Å². The molecule has 1 aromatic rings. The van der Waals surface area contributed by atoms with E-state index in [0.717, 1.165) is 13.0 Å². The van der Waals surface area contributed by atoms with Gasteiger partial charge in [-0.1, -0.05) is 6.92 Å². The number of anilines is 1. The Balaban J connectivity index is 2.45. The minimum absolute atomic E-state index is 0.0926. The summed E-state index contributed by atoms with van der Waals surface area (Å²) in [6.45, 7) is 3.24. The maximum Gasteiger partial charge on any atom is 0.251 e. The third kappa shape index (κ3) is 5.81. The second-order valence-electron chi connectivity index (χ2n) is 4.28. The van der Waals surface area contributed by atoms with Crippen molar-refractivity contribution in [3.63, 3.8) is 0 Å². The van der Waals surface area contributed by atoms with Gasteiger partial charge in [0.2, 0.25) is 5.91 Å². The smallest absolute Gasteiger partial charge is 0.251 e. The van der Waals surface area contributed by atoms with Crippen molar-refractivity contribution in [1.29, 1.82) is 0 Å². The van der Waals surface area contributed by atoms with Crippen molar-refractivity contribution in [2.45, 2.75) is 13.3 Å². The van der Waals surface area contributed by atoms with Crippen LogP contribution in [0, 0.1) is 0 Å². The van der Waals surface area contributed by atoms with E-state index < -0.39 is 0 Å². The van der Waals surface area contributed by atoms with E-state index in [2.05, 4.69) is 16.0 Å². The molecule has 4 N–H and O–H groups in total. The molecule has 110 valence electrons. The van der Waals surface area contributed by atoms with Gasteiger partial charge >= 0.3 is 0 Å². The summed E-state index contributed by atoms with van der Waals surface area (Å²) in [6.07, 6.45) is 0.977. The topological polar surface area (TPSA) is 90.5 Å². The number of aliphatic hydroxyl groups excluding tert-OH is 1. The zero-order valence-corrected chi connectivity index (χ0v) is 11.6. The van der Waals surface area contributed by atoms with Crippen LogP contribution in [-0.4, -0.2) is 43.2 Å². The van der Waals surface area contributed by atoms with E-state index >= 15 is 0 Å². The summed E-state index contributed by atoms with van der Waals surface area (Å²) in [7, 11) is 0. The van der Waals surface area contributed by atoms with E-state index in [-0.39, 0.29) is 31.5 Å². The predicted molar refractivity (Wildman–Crippen MR) is 77.7 cm³/mol. The Bertz CT molecular complexity index is 432. The number of hydrogen-bond donors (Lipinski definition) is 4. The average molecular weight is 279 g/mol. The molecule has 1 aromatic carbocycles. The maximum atomic E-state index is 11.6. The first-order valence-corrected chi connectivity index (χ1v) is 6.67. The Hall–Kier alpha value is -1.92. The van der Waals surface area contributed by atoms with Crippen LogP contribution in [0.4, 0.5) is 5.69 Å². The summed E-state index contributed by atoms with van der Waals surface area (Å²) in [4.78, 5) is 23.2. The minimum atomic E-state index is -0.249. The Kier molecular flexibility index (Phi) is 7.31. The lowest BCUT2D eigenvalue weighted by Crippen LogP contribution is -2.28. The molecule has 0 aliphatic rings. The highest BCUT2D eigenvalue weighted by Gasteiger charge is 2.05. The van der Waals surface area contributed by atoms with Crippen molar-refractivity contribution in [3.05, 3.63) is 29.8 Å². The van der Waals surface area contributed by atoms with Gasteiger partial charge in [-0.15, -0.1) is 0 Å². The van der Waals surface area contributed by atoms with Gasteiger partial charge in [0.05, 0.1) is 13.2 Å². The average Bonchev–Trinajstić information content (AvgIpc) is 2.46. The second-order valence-corrected chi connectivity index (χ2v) is 4.28. The second kappa shape index (κ2) is 9.06. The molecule has 0 aliphatic heterocycles. The number of carbonyl (C=O) groups is 2. The molecule has 0 unspecified atom stereocenters. The van der Waals surface area contributed by atoms with Crippen LogP contribution in [0.15, 0.2) is 24.3 Å². The van der Waals surface area contributed by atoms with Crippen molar-refractivity contribution >= 4 is 17.5 Å². The number of benzene rings is 1. The summed E-state index contributed by atoms with van der Waals surface area (Å²) < 4.78 is 0. The number of rotatable bonds is 8. The van der Waals surface area contributed by atoms with Gasteiger partial charge in [0.1, 0.15) is 0 Å². The summed E-state index contributed by atoms with van der Waals surface area (Å²) in [5.41, 5.74) is 1.13. The molecule has 0 bridgehead atoms. The lowest BCUT2D eigenvalue weighted by Gasteiger charge is -2.07. The molecule has 1 rings (SSSR count). The standard InChI is InChI=1S/C14H21N3O3/c1-2-7-15-10-13(19)17-12-5-3-11(4-6-12)14(20)16-8-9-18/h3-6,15,18H,2,7-10H2,1H3,(H,16,20)(H,17,19). The van der Waals surface area contributed by atoms with Crippen LogP contribution in [0.25, 0.3) is 0 Å². The van der Waals surface area contributed by atoms with E-state index in [1.807, 2.05) is 6.92 Å². The zero-order valence-electron chi connectivity index (χ0n) is 11.6. The molecule has 0 heterocycles. The van der Waals surface area contributed by atoms with Crippen LogP contribution in [-0.2, 0) is 4.79 Å². The maximum absolute atomic E-state index is 11.6. The molecular formula is C14H21N3O3. The number of aliphatic hydroxyl groups is 1. The first-order valence-electron chi connectivity index (χ1n) is 6.67. The predicted octanol–water partition coefficient (Wildman–Crippen LogP) is 0.347. The lowest BCUT2D eigenvalue weighted by atomic mass is 10.2. The van der Waals surface area contributed by atoms with Crippen molar-refractivity contribution < 1.29 is 14.7 Å². The molecule has 0 aromatic heterocycles. The summed E-state index contributed by atoms with van der Waals surface area (Å²) >= 11 is 0.